The van der Waals surface area contributed by atoms with Crippen molar-refractivity contribution in [3.8, 4) is 17.2 Å². The Balaban J connectivity index is 2.56. The third-order valence-corrected chi connectivity index (χ3v) is 12.8. The van der Waals surface area contributed by atoms with Gasteiger partial charge in [-0.2, -0.15) is 0 Å². The smallest absolute Gasteiger partial charge is 0.188 e. The van der Waals surface area contributed by atoms with Gasteiger partial charge in [-0.1, -0.05) is 66.0 Å². The van der Waals surface area contributed by atoms with E-state index in [0.717, 1.165) is 16.3 Å². The maximum Gasteiger partial charge on any atom is 0.188 e. The fourth-order valence-electron chi connectivity index (χ4n) is 4.62. The summed E-state index contributed by atoms with van der Waals surface area (Å²) in [5.74, 6) is 5.53. The third-order valence-electron chi connectivity index (χ3n) is 6.21. The molecule has 1 aliphatic rings. The Labute approximate surface area is 172 Å². The molecule has 0 saturated heterocycles. The molecule has 150 valence electrons. The molecule has 0 radical (unpaired) electrons. The Hall–Kier alpha value is -0.953. The van der Waals surface area contributed by atoms with Gasteiger partial charge in [-0.3, -0.25) is 0 Å². The Morgan fingerprint density at radius 1 is 1.11 bits per heavy atom. The fraction of sp³-hybridized carbons (Fsp3) is 0.652. The van der Waals surface area contributed by atoms with Crippen molar-refractivity contribution in [3.63, 3.8) is 0 Å². The number of methoxy groups -OCH3 is 1. The molecular weight excluding hydrogens is 372 g/mol. The number of halogens is 1. The van der Waals surface area contributed by atoms with E-state index in [1.807, 2.05) is 6.07 Å². The lowest BCUT2D eigenvalue weighted by Gasteiger charge is -2.38. The monoisotopic (exact) mass is 406 g/mol. The first-order valence-electron chi connectivity index (χ1n) is 10.1. The molecule has 0 bridgehead atoms. The highest BCUT2D eigenvalue weighted by molar-refractivity contribution is 6.90. The second-order valence-electron chi connectivity index (χ2n) is 8.88. The number of benzene rings is 1. The topological polar surface area (TPSA) is 18.5 Å². The summed E-state index contributed by atoms with van der Waals surface area (Å²) in [5.41, 5.74) is 7.92. The van der Waals surface area contributed by atoms with Crippen molar-refractivity contribution in [3.05, 3.63) is 28.3 Å². The number of hydrogen-bond donors (Lipinski definition) is 0. The first-order valence-corrected chi connectivity index (χ1v) is 12.7. The van der Waals surface area contributed by atoms with Crippen LogP contribution in [0.3, 0.4) is 0 Å². The van der Waals surface area contributed by atoms with Crippen molar-refractivity contribution in [2.45, 2.75) is 77.4 Å². The van der Waals surface area contributed by atoms with Crippen molar-refractivity contribution in [1.82, 2.24) is 0 Å². The van der Waals surface area contributed by atoms with E-state index in [4.69, 9.17) is 21.1 Å². The van der Waals surface area contributed by atoms with Gasteiger partial charge >= 0.3 is 0 Å². The molecule has 0 aliphatic heterocycles. The highest BCUT2D eigenvalue weighted by Crippen LogP contribution is 2.51. The average Bonchev–Trinajstić information content (AvgIpc) is 3.28. The third kappa shape index (κ3) is 4.73. The Kier molecular flexibility index (Phi) is 7.47. The lowest BCUT2D eigenvalue weighted by atomic mass is 10.0. The van der Waals surface area contributed by atoms with Gasteiger partial charge in [0, 0.05) is 17.7 Å². The van der Waals surface area contributed by atoms with Crippen LogP contribution < -0.4 is 4.74 Å². The molecule has 4 heteroatoms. The van der Waals surface area contributed by atoms with Gasteiger partial charge in [-0.25, -0.2) is 0 Å². The van der Waals surface area contributed by atoms with E-state index in [1.54, 1.807) is 7.11 Å². The predicted molar refractivity (Wildman–Crippen MR) is 118 cm³/mol. The predicted octanol–water partition coefficient (Wildman–Crippen LogP) is 7.02. The van der Waals surface area contributed by atoms with Crippen molar-refractivity contribution < 1.29 is 9.47 Å². The Morgan fingerprint density at radius 3 is 2.11 bits per heavy atom. The molecule has 2 atom stereocenters. The van der Waals surface area contributed by atoms with Crippen LogP contribution in [-0.4, -0.2) is 22.0 Å². The maximum atomic E-state index is 6.67. The minimum absolute atomic E-state index is 0.213. The standard InChI is InChI=1S/C23H35ClO2Si/c1-15(2)27(16(3)4,17(5)6)10-9-19-12-20(26-14-25-8)13-22(24)23(19)21-11-18(21)7/h12-13,15-18,21H,11,14H2,1-8H3. The van der Waals surface area contributed by atoms with E-state index in [-0.39, 0.29) is 6.79 Å². The quantitative estimate of drug-likeness (QED) is 0.275. The molecule has 2 nitrogen and oxygen atoms in total. The summed E-state index contributed by atoms with van der Waals surface area (Å²) in [6, 6.07) is 3.96. The van der Waals surface area contributed by atoms with Gasteiger partial charge in [0.1, 0.15) is 13.8 Å². The van der Waals surface area contributed by atoms with Gasteiger partial charge < -0.3 is 9.47 Å². The zero-order valence-corrected chi connectivity index (χ0v) is 19.9. The molecular formula is C23H35ClO2Si. The normalized spacial score (nSPS) is 19.4. The van der Waals surface area contributed by atoms with Crippen LogP contribution in [0, 0.1) is 17.4 Å². The summed E-state index contributed by atoms with van der Waals surface area (Å²) >= 11 is 6.67. The lowest BCUT2D eigenvalue weighted by molar-refractivity contribution is 0.0511. The summed E-state index contributed by atoms with van der Waals surface area (Å²) in [4.78, 5) is 0. The van der Waals surface area contributed by atoms with Gasteiger partial charge in [-0.15, -0.1) is 5.54 Å². The second-order valence-corrected chi connectivity index (χ2v) is 14.9. The molecule has 2 unspecified atom stereocenters. The Morgan fingerprint density at radius 2 is 1.67 bits per heavy atom. The molecule has 0 N–H and O–H groups in total. The van der Waals surface area contributed by atoms with E-state index in [9.17, 15) is 0 Å². The molecule has 1 aromatic rings. The maximum absolute atomic E-state index is 6.67. The zero-order chi connectivity index (χ0) is 20.4. The Bertz CT molecular complexity index is 693. The van der Waals surface area contributed by atoms with E-state index in [0.29, 0.717) is 28.5 Å². The molecule has 0 aromatic heterocycles. The van der Waals surface area contributed by atoms with Gasteiger partial charge in [0.2, 0.25) is 0 Å². The molecule has 2 rings (SSSR count). The van der Waals surface area contributed by atoms with Gasteiger partial charge in [-0.05, 0) is 52.6 Å². The highest BCUT2D eigenvalue weighted by Gasteiger charge is 2.42. The van der Waals surface area contributed by atoms with Crippen LogP contribution in [0.1, 0.15) is 71.9 Å². The first-order chi connectivity index (χ1) is 12.6. The molecule has 0 heterocycles. The largest absolute Gasteiger partial charge is 0.467 e. The minimum atomic E-state index is -1.79. The van der Waals surface area contributed by atoms with Gasteiger partial charge in [0.25, 0.3) is 0 Å². The van der Waals surface area contributed by atoms with Crippen molar-refractivity contribution in [1.29, 1.82) is 0 Å². The fourth-order valence-corrected chi connectivity index (χ4v) is 10.2. The summed E-state index contributed by atoms with van der Waals surface area (Å²) < 4.78 is 10.7. The van der Waals surface area contributed by atoms with Crippen molar-refractivity contribution >= 4 is 19.7 Å². The van der Waals surface area contributed by atoms with Gasteiger partial charge in [0.15, 0.2) is 6.79 Å². The van der Waals surface area contributed by atoms with E-state index in [2.05, 4.69) is 66.0 Å². The molecule has 0 spiro atoms. The molecule has 1 fully saturated rings. The molecule has 27 heavy (non-hydrogen) atoms. The highest BCUT2D eigenvalue weighted by atomic mass is 35.5. The van der Waals surface area contributed by atoms with Crippen LogP contribution in [0.2, 0.25) is 21.6 Å². The molecule has 0 amide bonds. The number of ether oxygens (including phenoxy) is 2. The molecule has 1 saturated carbocycles. The van der Waals surface area contributed by atoms with Crippen LogP contribution in [-0.2, 0) is 4.74 Å². The van der Waals surface area contributed by atoms with Crippen LogP contribution in [0.25, 0.3) is 0 Å². The summed E-state index contributed by atoms with van der Waals surface area (Å²) in [6.45, 7) is 16.6. The SMILES string of the molecule is COCOc1cc(Cl)c(C2CC2C)c(C#C[Si](C(C)C)(C(C)C)C(C)C)c1. The number of hydrogen-bond acceptors (Lipinski definition) is 2. The van der Waals surface area contributed by atoms with E-state index < -0.39 is 8.07 Å². The van der Waals surface area contributed by atoms with Crippen molar-refractivity contribution in [2.75, 3.05) is 13.9 Å². The first kappa shape index (κ1) is 22.3. The van der Waals surface area contributed by atoms with Crippen molar-refractivity contribution in [2.24, 2.45) is 5.92 Å². The average molecular weight is 407 g/mol. The molecule has 1 aliphatic carbocycles. The summed E-state index contributed by atoms with van der Waals surface area (Å²) in [6.07, 6.45) is 1.19. The van der Waals surface area contributed by atoms with Crippen LogP contribution in [0.5, 0.6) is 5.75 Å². The van der Waals surface area contributed by atoms with Crippen LogP contribution in [0.15, 0.2) is 12.1 Å². The van der Waals surface area contributed by atoms with Gasteiger partial charge in [0.05, 0.1) is 0 Å². The minimum Gasteiger partial charge on any atom is -0.467 e. The molecule has 1 aromatic carbocycles. The van der Waals surface area contributed by atoms with Crippen LogP contribution in [0.4, 0.5) is 0 Å². The summed E-state index contributed by atoms with van der Waals surface area (Å²) in [7, 11) is -0.173. The van der Waals surface area contributed by atoms with E-state index >= 15 is 0 Å². The summed E-state index contributed by atoms with van der Waals surface area (Å²) in [5, 5.41) is 0.771. The lowest BCUT2D eigenvalue weighted by Crippen LogP contribution is -2.43. The number of rotatable bonds is 7. The van der Waals surface area contributed by atoms with Crippen LogP contribution >= 0.6 is 11.6 Å². The second kappa shape index (κ2) is 9.03. The van der Waals surface area contributed by atoms with E-state index in [1.165, 1.54) is 12.0 Å². The zero-order valence-electron chi connectivity index (χ0n) is 18.2.